The average molecular weight is 282 g/mol. The van der Waals surface area contributed by atoms with E-state index in [4.69, 9.17) is 0 Å². The lowest BCUT2D eigenvalue weighted by atomic mass is 9.70. The SMILES string of the molecule is CCN1CCN(C2CC(C(C)(C)C)CCC2O)CC1C. The summed E-state index contributed by atoms with van der Waals surface area (Å²) >= 11 is 0. The molecule has 4 unspecified atom stereocenters. The molecule has 0 aromatic carbocycles. The van der Waals surface area contributed by atoms with Crippen molar-refractivity contribution >= 4 is 0 Å². The van der Waals surface area contributed by atoms with Crippen molar-refractivity contribution in [3.8, 4) is 0 Å². The fourth-order valence-electron chi connectivity index (χ4n) is 4.10. The first-order valence-electron chi connectivity index (χ1n) is 8.49. The maximum absolute atomic E-state index is 10.5. The molecule has 0 radical (unpaired) electrons. The van der Waals surface area contributed by atoms with E-state index in [0.29, 0.717) is 17.5 Å². The van der Waals surface area contributed by atoms with Gasteiger partial charge in [0.25, 0.3) is 0 Å². The summed E-state index contributed by atoms with van der Waals surface area (Å²) in [7, 11) is 0. The maximum Gasteiger partial charge on any atom is 0.0695 e. The predicted molar refractivity (Wildman–Crippen MR) is 84.9 cm³/mol. The van der Waals surface area contributed by atoms with Crippen LogP contribution in [0.3, 0.4) is 0 Å². The van der Waals surface area contributed by atoms with Crippen molar-refractivity contribution in [3.63, 3.8) is 0 Å². The summed E-state index contributed by atoms with van der Waals surface area (Å²) in [6, 6.07) is 1.00. The van der Waals surface area contributed by atoms with E-state index in [2.05, 4.69) is 44.4 Å². The smallest absolute Gasteiger partial charge is 0.0695 e. The molecule has 0 bridgehead atoms. The van der Waals surface area contributed by atoms with Crippen LogP contribution in [0.25, 0.3) is 0 Å². The highest BCUT2D eigenvalue weighted by Gasteiger charge is 2.39. The number of aliphatic hydroxyl groups excluding tert-OH is 1. The van der Waals surface area contributed by atoms with Crippen LogP contribution in [0.1, 0.15) is 53.9 Å². The lowest BCUT2D eigenvalue weighted by Gasteiger charge is -2.48. The third-order valence-corrected chi connectivity index (χ3v) is 5.68. The van der Waals surface area contributed by atoms with Gasteiger partial charge in [-0.3, -0.25) is 9.80 Å². The topological polar surface area (TPSA) is 26.7 Å². The molecular formula is C17H34N2O. The fourth-order valence-corrected chi connectivity index (χ4v) is 4.10. The van der Waals surface area contributed by atoms with Crippen molar-refractivity contribution < 1.29 is 5.11 Å². The first-order valence-corrected chi connectivity index (χ1v) is 8.49. The van der Waals surface area contributed by atoms with Crippen LogP contribution in [0.15, 0.2) is 0 Å². The Bertz CT molecular complexity index is 313. The van der Waals surface area contributed by atoms with Crippen LogP contribution in [0.4, 0.5) is 0 Å². The van der Waals surface area contributed by atoms with Gasteiger partial charge in [-0.15, -0.1) is 0 Å². The second-order valence-electron chi connectivity index (χ2n) is 7.98. The van der Waals surface area contributed by atoms with Gasteiger partial charge in [-0.1, -0.05) is 27.7 Å². The molecule has 1 saturated carbocycles. The summed E-state index contributed by atoms with van der Waals surface area (Å²) in [4.78, 5) is 5.12. The van der Waals surface area contributed by atoms with Crippen LogP contribution in [-0.2, 0) is 0 Å². The van der Waals surface area contributed by atoms with Crippen molar-refractivity contribution in [3.05, 3.63) is 0 Å². The van der Waals surface area contributed by atoms with E-state index >= 15 is 0 Å². The molecule has 2 rings (SSSR count). The molecule has 1 aliphatic heterocycles. The van der Waals surface area contributed by atoms with Gasteiger partial charge in [0.15, 0.2) is 0 Å². The standard InChI is InChI=1S/C17H34N2O/c1-6-18-9-10-19(12-13(18)2)15-11-14(17(3,4)5)7-8-16(15)20/h13-16,20H,6-12H2,1-5H3. The van der Waals surface area contributed by atoms with Crippen LogP contribution >= 0.6 is 0 Å². The van der Waals surface area contributed by atoms with E-state index in [9.17, 15) is 5.11 Å². The molecule has 1 saturated heterocycles. The summed E-state index contributed by atoms with van der Waals surface area (Å²) < 4.78 is 0. The minimum Gasteiger partial charge on any atom is -0.391 e. The Morgan fingerprint density at radius 1 is 1.15 bits per heavy atom. The van der Waals surface area contributed by atoms with Gasteiger partial charge < -0.3 is 5.11 Å². The number of nitrogens with zero attached hydrogens (tertiary/aromatic N) is 2. The van der Waals surface area contributed by atoms with Crippen LogP contribution in [0, 0.1) is 11.3 Å². The van der Waals surface area contributed by atoms with Gasteiger partial charge in [-0.25, -0.2) is 0 Å². The summed E-state index contributed by atoms with van der Waals surface area (Å²) in [6.07, 6.45) is 3.22. The zero-order chi connectivity index (χ0) is 14.9. The number of rotatable bonds is 2. The fraction of sp³-hybridized carbons (Fsp3) is 1.00. The van der Waals surface area contributed by atoms with Gasteiger partial charge in [0.2, 0.25) is 0 Å². The van der Waals surface area contributed by atoms with Crippen molar-refractivity contribution in [1.82, 2.24) is 9.80 Å². The van der Waals surface area contributed by atoms with Crippen molar-refractivity contribution in [2.45, 2.75) is 72.1 Å². The first-order chi connectivity index (χ1) is 9.32. The van der Waals surface area contributed by atoms with Gasteiger partial charge >= 0.3 is 0 Å². The monoisotopic (exact) mass is 282 g/mol. The molecule has 0 amide bonds. The molecule has 3 nitrogen and oxygen atoms in total. The van der Waals surface area contributed by atoms with Crippen LogP contribution in [-0.4, -0.2) is 59.3 Å². The second kappa shape index (κ2) is 6.33. The molecule has 2 aliphatic rings. The Kier molecular flexibility index (Phi) is 5.14. The van der Waals surface area contributed by atoms with Gasteiger partial charge in [0.1, 0.15) is 0 Å². The Balaban J connectivity index is 2.00. The molecule has 0 aromatic heterocycles. The minimum absolute atomic E-state index is 0.117. The average Bonchev–Trinajstić information content (AvgIpc) is 2.37. The molecule has 1 N–H and O–H groups in total. The third-order valence-electron chi connectivity index (χ3n) is 5.68. The van der Waals surface area contributed by atoms with E-state index in [1.165, 1.54) is 12.8 Å². The predicted octanol–water partition coefficient (Wildman–Crippen LogP) is 2.59. The Hall–Kier alpha value is -0.120. The molecule has 0 spiro atoms. The van der Waals surface area contributed by atoms with Crippen molar-refractivity contribution in [1.29, 1.82) is 0 Å². The van der Waals surface area contributed by atoms with E-state index < -0.39 is 0 Å². The Morgan fingerprint density at radius 3 is 2.40 bits per heavy atom. The first kappa shape index (κ1) is 16.3. The van der Waals surface area contributed by atoms with E-state index in [1.807, 2.05) is 0 Å². The highest BCUT2D eigenvalue weighted by atomic mass is 16.3. The molecule has 3 heteroatoms. The lowest BCUT2D eigenvalue weighted by Crippen LogP contribution is -2.58. The number of piperazine rings is 1. The maximum atomic E-state index is 10.5. The van der Waals surface area contributed by atoms with Gasteiger partial charge in [0.05, 0.1) is 6.10 Å². The van der Waals surface area contributed by atoms with E-state index in [-0.39, 0.29) is 6.10 Å². The molecule has 4 atom stereocenters. The summed E-state index contributed by atoms with van der Waals surface area (Å²) in [6.45, 7) is 16.2. The lowest BCUT2D eigenvalue weighted by molar-refractivity contribution is -0.0429. The molecule has 2 fully saturated rings. The van der Waals surface area contributed by atoms with E-state index in [0.717, 1.165) is 38.5 Å². The largest absolute Gasteiger partial charge is 0.391 e. The second-order valence-corrected chi connectivity index (χ2v) is 7.98. The van der Waals surface area contributed by atoms with Crippen LogP contribution in [0.5, 0.6) is 0 Å². The molecule has 118 valence electrons. The Morgan fingerprint density at radius 2 is 1.85 bits per heavy atom. The number of hydrogen-bond acceptors (Lipinski definition) is 3. The highest BCUT2D eigenvalue weighted by molar-refractivity contribution is 4.93. The quantitative estimate of drug-likeness (QED) is 0.843. The van der Waals surface area contributed by atoms with Crippen LogP contribution in [0.2, 0.25) is 0 Å². The third kappa shape index (κ3) is 3.55. The highest BCUT2D eigenvalue weighted by Crippen LogP contribution is 2.39. The number of likely N-dealkylation sites (N-methyl/N-ethyl adjacent to an activating group) is 1. The van der Waals surface area contributed by atoms with Gasteiger partial charge in [-0.2, -0.15) is 0 Å². The van der Waals surface area contributed by atoms with Crippen molar-refractivity contribution in [2.24, 2.45) is 11.3 Å². The van der Waals surface area contributed by atoms with Crippen molar-refractivity contribution in [2.75, 3.05) is 26.2 Å². The molecule has 1 heterocycles. The molecule has 1 aliphatic carbocycles. The number of aliphatic hydroxyl groups is 1. The van der Waals surface area contributed by atoms with Gasteiger partial charge in [0, 0.05) is 31.7 Å². The van der Waals surface area contributed by atoms with Gasteiger partial charge in [-0.05, 0) is 44.1 Å². The van der Waals surface area contributed by atoms with E-state index in [1.54, 1.807) is 0 Å². The number of hydrogen-bond donors (Lipinski definition) is 1. The summed E-state index contributed by atoms with van der Waals surface area (Å²) in [5.74, 6) is 0.746. The molecular weight excluding hydrogens is 248 g/mol. The Labute approximate surface area is 125 Å². The zero-order valence-corrected chi connectivity index (χ0v) is 14.1. The normalized spacial score (nSPS) is 38.1. The summed E-state index contributed by atoms with van der Waals surface area (Å²) in [5, 5.41) is 10.5. The molecule has 20 heavy (non-hydrogen) atoms. The zero-order valence-electron chi connectivity index (χ0n) is 14.1. The summed E-state index contributed by atoms with van der Waals surface area (Å²) in [5.41, 5.74) is 0.370. The molecule has 0 aromatic rings. The van der Waals surface area contributed by atoms with Crippen LogP contribution < -0.4 is 0 Å². The minimum atomic E-state index is -0.117.